The van der Waals surface area contributed by atoms with Gasteiger partial charge in [0.2, 0.25) is 0 Å². The van der Waals surface area contributed by atoms with E-state index >= 15 is 0 Å². The Morgan fingerprint density at radius 1 is 0.846 bits per heavy atom. The van der Waals surface area contributed by atoms with Crippen LogP contribution < -0.4 is 21.1 Å². The molecule has 0 heterocycles. The number of hydrogen-bond donors (Lipinski definition) is 3. The molecular formula is C19H15Cl2N3O2. The van der Waals surface area contributed by atoms with Crippen molar-refractivity contribution < 1.29 is 9.53 Å². The number of benzene rings is 3. The van der Waals surface area contributed by atoms with Gasteiger partial charge in [0.15, 0.2) is 0 Å². The fourth-order valence-electron chi connectivity index (χ4n) is 2.16. The minimum atomic E-state index is -0.429. The zero-order valence-electron chi connectivity index (χ0n) is 13.5. The number of nitrogens with one attached hydrogen (secondary N) is 2. The molecule has 132 valence electrons. The monoisotopic (exact) mass is 387 g/mol. The fourth-order valence-corrected chi connectivity index (χ4v) is 2.49. The Hall–Kier alpha value is -2.89. The minimum Gasteiger partial charge on any atom is -0.457 e. The lowest BCUT2D eigenvalue weighted by Crippen LogP contribution is -2.19. The summed E-state index contributed by atoms with van der Waals surface area (Å²) in [6, 6.07) is 18.4. The van der Waals surface area contributed by atoms with Gasteiger partial charge in [0.1, 0.15) is 11.5 Å². The molecule has 3 rings (SSSR count). The lowest BCUT2D eigenvalue weighted by atomic mass is 10.3. The zero-order chi connectivity index (χ0) is 18.5. The predicted molar refractivity (Wildman–Crippen MR) is 106 cm³/mol. The van der Waals surface area contributed by atoms with Gasteiger partial charge in [-0.25, -0.2) is 4.79 Å². The van der Waals surface area contributed by atoms with Gasteiger partial charge >= 0.3 is 6.03 Å². The average Bonchev–Trinajstić information content (AvgIpc) is 2.62. The van der Waals surface area contributed by atoms with Gasteiger partial charge in [0, 0.05) is 16.4 Å². The topological polar surface area (TPSA) is 76.4 Å². The highest BCUT2D eigenvalue weighted by Gasteiger charge is 2.07. The second-order valence-corrected chi connectivity index (χ2v) is 6.24. The Morgan fingerprint density at radius 2 is 1.46 bits per heavy atom. The molecule has 0 aliphatic rings. The molecule has 0 saturated carbocycles. The highest BCUT2D eigenvalue weighted by Crippen LogP contribution is 2.26. The summed E-state index contributed by atoms with van der Waals surface area (Å²) in [6.45, 7) is 0. The van der Waals surface area contributed by atoms with E-state index < -0.39 is 6.03 Å². The van der Waals surface area contributed by atoms with E-state index in [1.165, 1.54) is 0 Å². The molecule has 5 nitrogen and oxygen atoms in total. The Labute approximate surface area is 160 Å². The van der Waals surface area contributed by atoms with Gasteiger partial charge in [-0.05, 0) is 66.7 Å². The Morgan fingerprint density at radius 3 is 2.12 bits per heavy atom. The molecule has 4 N–H and O–H groups in total. The maximum Gasteiger partial charge on any atom is 0.323 e. The zero-order valence-corrected chi connectivity index (χ0v) is 15.0. The van der Waals surface area contributed by atoms with E-state index in [0.29, 0.717) is 38.6 Å². The maximum atomic E-state index is 12.1. The van der Waals surface area contributed by atoms with Crippen LogP contribution in [0, 0.1) is 0 Å². The first-order chi connectivity index (χ1) is 12.5. The lowest BCUT2D eigenvalue weighted by Gasteiger charge is -2.10. The van der Waals surface area contributed by atoms with Crippen LogP contribution in [0.2, 0.25) is 10.0 Å². The summed E-state index contributed by atoms with van der Waals surface area (Å²) in [5.41, 5.74) is 7.34. The van der Waals surface area contributed by atoms with Gasteiger partial charge in [0.05, 0.1) is 10.7 Å². The van der Waals surface area contributed by atoms with E-state index in [2.05, 4.69) is 10.6 Å². The molecular weight excluding hydrogens is 373 g/mol. The quantitative estimate of drug-likeness (QED) is 0.479. The first-order valence-electron chi connectivity index (χ1n) is 7.66. The summed E-state index contributed by atoms with van der Waals surface area (Å²) in [5.74, 6) is 1.31. The van der Waals surface area contributed by atoms with Crippen molar-refractivity contribution in [1.82, 2.24) is 0 Å². The van der Waals surface area contributed by atoms with Gasteiger partial charge in [-0.2, -0.15) is 0 Å². The minimum absolute atomic E-state index is 0.400. The van der Waals surface area contributed by atoms with Crippen LogP contribution in [0.25, 0.3) is 0 Å². The molecule has 0 aliphatic heterocycles. The number of halogens is 2. The predicted octanol–water partition coefficient (Wildman–Crippen LogP) is 6.01. The molecule has 7 heteroatoms. The largest absolute Gasteiger partial charge is 0.457 e. The van der Waals surface area contributed by atoms with Crippen LogP contribution in [0.15, 0.2) is 66.7 Å². The second kappa shape index (κ2) is 7.99. The summed E-state index contributed by atoms with van der Waals surface area (Å²) in [7, 11) is 0. The first-order valence-corrected chi connectivity index (χ1v) is 8.42. The number of nitrogen functional groups attached to an aromatic ring is 1. The van der Waals surface area contributed by atoms with Crippen molar-refractivity contribution in [1.29, 1.82) is 0 Å². The van der Waals surface area contributed by atoms with Crippen LogP contribution in [-0.2, 0) is 0 Å². The van der Waals surface area contributed by atoms with Crippen molar-refractivity contribution in [2.24, 2.45) is 0 Å². The highest BCUT2D eigenvalue weighted by atomic mass is 35.5. The standard InChI is InChI=1S/C19H15Cl2N3O2/c20-12-1-10-17(21)18(11-12)24-19(25)23-14-4-8-16(9-5-14)26-15-6-2-13(22)3-7-15/h1-11H,22H2,(H2,23,24,25). The number of rotatable bonds is 4. The van der Waals surface area contributed by atoms with Crippen LogP contribution in [0.5, 0.6) is 11.5 Å². The van der Waals surface area contributed by atoms with E-state index in [1.807, 2.05) is 0 Å². The molecule has 0 atom stereocenters. The van der Waals surface area contributed by atoms with E-state index in [1.54, 1.807) is 66.7 Å². The summed E-state index contributed by atoms with van der Waals surface area (Å²) in [4.78, 5) is 12.1. The Kier molecular flexibility index (Phi) is 5.51. The highest BCUT2D eigenvalue weighted by molar-refractivity contribution is 6.35. The molecule has 0 saturated heterocycles. The molecule has 0 bridgehead atoms. The third-order valence-corrected chi connectivity index (χ3v) is 3.97. The third kappa shape index (κ3) is 4.81. The second-order valence-electron chi connectivity index (χ2n) is 5.40. The summed E-state index contributed by atoms with van der Waals surface area (Å²) in [5, 5.41) is 6.24. The van der Waals surface area contributed by atoms with Crippen molar-refractivity contribution in [2.75, 3.05) is 16.4 Å². The molecule has 3 aromatic rings. The molecule has 3 aromatic carbocycles. The molecule has 0 aliphatic carbocycles. The number of carbonyl (C=O) groups is 1. The smallest absolute Gasteiger partial charge is 0.323 e. The Balaban J connectivity index is 1.60. The SMILES string of the molecule is Nc1ccc(Oc2ccc(NC(=O)Nc3cc(Cl)ccc3Cl)cc2)cc1. The maximum absolute atomic E-state index is 12.1. The first kappa shape index (κ1) is 17.9. The van der Waals surface area contributed by atoms with Crippen LogP contribution in [0.3, 0.4) is 0 Å². The number of anilines is 3. The normalized spacial score (nSPS) is 10.2. The van der Waals surface area contributed by atoms with Crippen LogP contribution in [0.1, 0.15) is 0 Å². The van der Waals surface area contributed by atoms with E-state index in [4.69, 9.17) is 33.7 Å². The van der Waals surface area contributed by atoms with E-state index in [9.17, 15) is 4.79 Å². The number of hydrogen-bond acceptors (Lipinski definition) is 3. The van der Waals surface area contributed by atoms with Crippen molar-refractivity contribution in [2.45, 2.75) is 0 Å². The van der Waals surface area contributed by atoms with Gasteiger partial charge < -0.3 is 21.1 Å². The number of amides is 2. The number of carbonyl (C=O) groups excluding carboxylic acids is 1. The number of nitrogens with two attached hydrogens (primary N) is 1. The summed E-state index contributed by atoms with van der Waals surface area (Å²) >= 11 is 11.9. The number of urea groups is 1. The average molecular weight is 388 g/mol. The molecule has 0 radical (unpaired) electrons. The van der Waals surface area contributed by atoms with Gasteiger partial charge in [-0.15, -0.1) is 0 Å². The van der Waals surface area contributed by atoms with Gasteiger partial charge in [0.25, 0.3) is 0 Å². The molecule has 0 unspecified atom stereocenters. The van der Waals surface area contributed by atoms with Gasteiger partial charge in [-0.3, -0.25) is 0 Å². The van der Waals surface area contributed by atoms with E-state index in [-0.39, 0.29) is 0 Å². The molecule has 0 aromatic heterocycles. The fraction of sp³-hybridized carbons (Fsp3) is 0. The van der Waals surface area contributed by atoms with E-state index in [0.717, 1.165) is 0 Å². The molecule has 2 amide bonds. The van der Waals surface area contributed by atoms with Crippen molar-refractivity contribution >= 4 is 46.3 Å². The Bertz CT molecular complexity index is 913. The van der Waals surface area contributed by atoms with Crippen LogP contribution in [0.4, 0.5) is 21.9 Å². The molecule has 0 fully saturated rings. The van der Waals surface area contributed by atoms with Crippen LogP contribution in [-0.4, -0.2) is 6.03 Å². The molecule has 0 spiro atoms. The number of ether oxygens (including phenoxy) is 1. The lowest BCUT2D eigenvalue weighted by molar-refractivity contribution is 0.262. The summed E-state index contributed by atoms with van der Waals surface area (Å²) < 4.78 is 5.70. The summed E-state index contributed by atoms with van der Waals surface area (Å²) in [6.07, 6.45) is 0. The van der Waals surface area contributed by atoms with Crippen molar-refractivity contribution in [3.63, 3.8) is 0 Å². The molecule has 26 heavy (non-hydrogen) atoms. The van der Waals surface area contributed by atoms with Gasteiger partial charge in [-0.1, -0.05) is 23.2 Å². The van der Waals surface area contributed by atoms with Crippen molar-refractivity contribution in [3.8, 4) is 11.5 Å². The van der Waals surface area contributed by atoms with Crippen LogP contribution >= 0.6 is 23.2 Å². The van der Waals surface area contributed by atoms with Crippen molar-refractivity contribution in [3.05, 3.63) is 76.8 Å². The third-order valence-electron chi connectivity index (χ3n) is 3.40.